The summed E-state index contributed by atoms with van der Waals surface area (Å²) in [6.45, 7) is 8.35. The van der Waals surface area contributed by atoms with Gasteiger partial charge in [-0.25, -0.2) is 9.97 Å². The lowest BCUT2D eigenvalue weighted by atomic mass is 10.1. The van der Waals surface area contributed by atoms with Crippen LogP contribution in [-0.4, -0.2) is 40.7 Å². The molecule has 3 heterocycles. The van der Waals surface area contributed by atoms with E-state index >= 15 is 0 Å². The molecule has 0 aliphatic carbocycles. The van der Waals surface area contributed by atoms with Crippen LogP contribution in [0.5, 0.6) is 0 Å². The van der Waals surface area contributed by atoms with E-state index in [4.69, 9.17) is 0 Å². The van der Waals surface area contributed by atoms with Crippen LogP contribution in [0, 0.1) is 0 Å². The van der Waals surface area contributed by atoms with Gasteiger partial charge in [-0.1, -0.05) is 30.8 Å². The van der Waals surface area contributed by atoms with Crippen LogP contribution in [-0.2, 0) is 7.05 Å². The molecule has 0 saturated carbocycles. The van der Waals surface area contributed by atoms with Gasteiger partial charge < -0.3 is 20.1 Å². The van der Waals surface area contributed by atoms with Crippen molar-refractivity contribution < 1.29 is 0 Å². The predicted octanol–water partition coefficient (Wildman–Crippen LogP) is 4.13. The van der Waals surface area contributed by atoms with Crippen LogP contribution in [0.2, 0.25) is 0 Å². The molecule has 0 atom stereocenters. The summed E-state index contributed by atoms with van der Waals surface area (Å²) < 4.78 is 2.02. The number of aromatic nitrogens is 3. The second kappa shape index (κ2) is 8.24. The number of nitrogens with zero attached hydrogens (tertiary/aromatic N) is 4. The number of imidazole rings is 1. The highest BCUT2D eigenvalue weighted by Crippen LogP contribution is 2.27. The monoisotopic (exact) mass is 410 g/mol. The van der Waals surface area contributed by atoms with Crippen molar-refractivity contribution in [3.8, 4) is 11.3 Å². The van der Waals surface area contributed by atoms with Crippen molar-refractivity contribution in [2.45, 2.75) is 0 Å². The number of piperazine rings is 1. The molecule has 0 amide bonds. The molecule has 5 rings (SSSR count). The number of nitrogens with one attached hydrogen (secondary N) is 2. The fourth-order valence-corrected chi connectivity index (χ4v) is 4.04. The molecule has 0 spiro atoms. The Hall–Kier alpha value is -3.64. The van der Waals surface area contributed by atoms with E-state index in [0.29, 0.717) is 0 Å². The van der Waals surface area contributed by atoms with E-state index in [1.807, 2.05) is 30.3 Å². The van der Waals surface area contributed by atoms with Gasteiger partial charge in [-0.3, -0.25) is 0 Å². The maximum atomic E-state index is 4.59. The fourth-order valence-electron chi connectivity index (χ4n) is 4.04. The molecule has 0 radical (unpaired) electrons. The summed E-state index contributed by atoms with van der Waals surface area (Å²) in [5.74, 6) is 0.784. The van der Waals surface area contributed by atoms with E-state index in [0.717, 1.165) is 65.3 Å². The maximum Gasteiger partial charge on any atom is 0.130 e. The Labute approximate surface area is 182 Å². The van der Waals surface area contributed by atoms with Gasteiger partial charge in [0, 0.05) is 61.8 Å². The highest BCUT2D eigenvalue weighted by Gasteiger charge is 2.12. The zero-order valence-corrected chi connectivity index (χ0v) is 17.7. The molecule has 1 saturated heterocycles. The lowest BCUT2D eigenvalue weighted by Gasteiger charge is -2.29. The van der Waals surface area contributed by atoms with E-state index in [-0.39, 0.29) is 0 Å². The highest BCUT2D eigenvalue weighted by molar-refractivity contribution is 5.89. The topological polar surface area (TPSA) is 58.0 Å². The second-order valence-corrected chi connectivity index (χ2v) is 7.91. The standard InChI is InChI=1S/C25H26N6/c1-18(19-4-3-5-23(13-19)31-10-8-26-9-11-31)29-25-14-22-12-20(6-7-21(22)15-28-25)24-16-27-17-30(24)2/h3-7,12-17,26H,1,8-11H2,2H3,(H,28,29). The van der Waals surface area contributed by atoms with Crippen LogP contribution in [0.1, 0.15) is 5.56 Å². The van der Waals surface area contributed by atoms with Crippen LogP contribution in [0.4, 0.5) is 11.5 Å². The summed E-state index contributed by atoms with van der Waals surface area (Å²) in [5, 5.41) is 9.02. The van der Waals surface area contributed by atoms with Gasteiger partial charge in [0.1, 0.15) is 5.82 Å². The summed E-state index contributed by atoms with van der Waals surface area (Å²) in [6.07, 6.45) is 5.60. The number of aryl methyl sites for hydroxylation is 1. The molecule has 0 unspecified atom stereocenters. The largest absolute Gasteiger partial charge is 0.369 e. The summed E-state index contributed by atoms with van der Waals surface area (Å²) in [4.78, 5) is 11.2. The lowest BCUT2D eigenvalue weighted by molar-refractivity contribution is 0.589. The molecular formula is C25H26N6. The average molecular weight is 411 g/mol. The summed E-state index contributed by atoms with van der Waals surface area (Å²) in [5.41, 5.74) is 5.36. The number of benzene rings is 2. The van der Waals surface area contributed by atoms with Gasteiger partial charge in [0.2, 0.25) is 0 Å². The van der Waals surface area contributed by atoms with E-state index in [1.165, 1.54) is 5.69 Å². The third-order valence-corrected chi connectivity index (χ3v) is 5.79. The van der Waals surface area contributed by atoms with Gasteiger partial charge in [-0.2, -0.15) is 0 Å². The number of pyridine rings is 1. The molecule has 2 aromatic carbocycles. The van der Waals surface area contributed by atoms with E-state index in [9.17, 15) is 0 Å². The molecule has 0 bridgehead atoms. The molecule has 2 aromatic heterocycles. The maximum absolute atomic E-state index is 4.59. The molecule has 31 heavy (non-hydrogen) atoms. The van der Waals surface area contributed by atoms with Gasteiger partial charge in [-0.15, -0.1) is 0 Å². The Morgan fingerprint density at radius 3 is 2.71 bits per heavy atom. The van der Waals surface area contributed by atoms with Crippen molar-refractivity contribution in [1.29, 1.82) is 0 Å². The van der Waals surface area contributed by atoms with E-state index in [1.54, 1.807) is 0 Å². The number of hydrogen-bond donors (Lipinski definition) is 2. The molecule has 6 nitrogen and oxygen atoms in total. The first-order valence-electron chi connectivity index (χ1n) is 10.6. The minimum Gasteiger partial charge on any atom is -0.369 e. The third-order valence-electron chi connectivity index (χ3n) is 5.79. The van der Waals surface area contributed by atoms with Crippen molar-refractivity contribution >= 4 is 28.0 Å². The Morgan fingerprint density at radius 1 is 1.03 bits per heavy atom. The molecule has 2 N–H and O–H groups in total. The van der Waals surface area contributed by atoms with Crippen LogP contribution in [0.15, 0.2) is 73.8 Å². The Kier molecular flexibility index (Phi) is 5.14. The van der Waals surface area contributed by atoms with Crippen molar-refractivity contribution in [2.75, 3.05) is 36.4 Å². The predicted molar refractivity (Wildman–Crippen MR) is 128 cm³/mol. The minimum absolute atomic E-state index is 0.784. The fraction of sp³-hybridized carbons (Fsp3) is 0.200. The van der Waals surface area contributed by atoms with Gasteiger partial charge in [0.05, 0.1) is 18.2 Å². The zero-order chi connectivity index (χ0) is 21.2. The zero-order valence-electron chi connectivity index (χ0n) is 17.7. The molecule has 6 heteroatoms. The summed E-state index contributed by atoms with van der Waals surface area (Å²) >= 11 is 0. The lowest BCUT2D eigenvalue weighted by Crippen LogP contribution is -2.43. The SMILES string of the molecule is C=C(Nc1cc2cc(-c3cncn3C)ccc2cn1)c1cccc(N2CCNCC2)c1. The first kappa shape index (κ1) is 19.3. The number of rotatable bonds is 5. The van der Waals surface area contributed by atoms with E-state index < -0.39 is 0 Å². The van der Waals surface area contributed by atoms with Gasteiger partial charge in [0.15, 0.2) is 0 Å². The minimum atomic E-state index is 0.784. The number of hydrogen-bond acceptors (Lipinski definition) is 5. The quantitative estimate of drug-likeness (QED) is 0.518. The molecule has 4 aromatic rings. The molecular weight excluding hydrogens is 384 g/mol. The first-order valence-corrected chi connectivity index (χ1v) is 10.6. The van der Waals surface area contributed by atoms with Gasteiger partial charge >= 0.3 is 0 Å². The Bertz CT molecular complexity index is 1240. The average Bonchev–Trinajstić information content (AvgIpc) is 3.25. The van der Waals surface area contributed by atoms with Crippen LogP contribution < -0.4 is 15.5 Å². The number of anilines is 2. The Balaban J connectivity index is 1.38. The van der Waals surface area contributed by atoms with Crippen molar-refractivity contribution in [3.05, 3.63) is 79.4 Å². The molecule has 156 valence electrons. The van der Waals surface area contributed by atoms with E-state index in [2.05, 4.69) is 80.6 Å². The van der Waals surface area contributed by atoms with Crippen molar-refractivity contribution in [2.24, 2.45) is 7.05 Å². The first-order chi connectivity index (χ1) is 15.2. The molecule has 1 aliphatic heterocycles. The molecule has 1 aliphatic rings. The van der Waals surface area contributed by atoms with Gasteiger partial charge in [0.25, 0.3) is 0 Å². The smallest absolute Gasteiger partial charge is 0.130 e. The highest BCUT2D eigenvalue weighted by atomic mass is 15.2. The summed E-state index contributed by atoms with van der Waals surface area (Å²) in [7, 11) is 2.00. The third kappa shape index (κ3) is 4.02. The second-order valence-electron chi connectivity index (χ2n) is 7.91. The Morgan fingerprint density at radius 2 is 1.90 bits per heavy atom. The van der Waals surface area contributed by atoms with Crippen LogP contribution >= 0.6 is 0 Å². The van der Waals surface area contributed by atoms with Crippen LogP contribution in [0.3, 0.4) is 0 Å². The number of fused-ring (bicyclic) bond motifs is 1. The van der Waals surface area contributed by atoms with Crippen molar-refractivity contribution in [1.82, 2.24) is 19.9 Å². The van der Waals surface area contributed by atoms with Gasteiger partial charge in [-0.05, 0) is 35.2 Å². The molecule has 1 fully saturated rings. The van der Waals surface area contributed by atoms with Crippen molar-refractivity contribution in [3.63, 3.8) is 0 Å². The summed E-state index contributed by atoms with van der Waals surface area (Å²) in [6, 6.07) is 17.0. The van der Waals surface area contributed by atoms with Crippen LogP contribution in [0.25, 0.3) is 27.7 Å². The normalized spacial score (nSPS) is 14.0.